The summed E-state index contributed by atoms with van der Waals surface area (Å²) in [5.74, 6) is -1.37. The van der Waals surface area contributed by atoms with Gasteiger partial charge in [0.15, 0.2) is 0 Å². The maximum Gasteiger partial charge on any atom is 0.291 e. The summed E-state index contributed by atoms with van der Waals surface area (Å²) in [7, 11) is 0. The van der Waals surface area contributed by atoms with Crippen LogP contribution >= 0.6 is 0 Å². The van der Waals surface area contributed by atoms with Gasteiger partial charge in [-0.15, -0.1) is 0 Å². The average molecular weight is 426 g/mol. The predicted octanol–water partition coefficient (Wildman–Crippen LogP) is 3.16. The van der Waals surface area contributed by atoms with E-state index in [0.29, 0.717) is 24.9 Å². The maximum atomic E-state index is 14.1. The van der Waals surface area contributed by atoms with Gasteiger partial charge in [0.05, 0.1) is 36.3 Å². The number of pyridine rings is 2. The number of benzene rings is 1. The van der Waals surface area contributed by atoms with Gasteiger partial charge in [-0.1, -0.05) is 0 Å². The lowest BCUT2D eigenvalue weighted by Crippen LogP contribution is -2.56. The van der Waals surface area contributed by atoms with Crippen LogP contribution in [-0.2, 0) is 11.2 Å². The number of rotatable bonds is 6. The molecule has 0 unspecified atom stereocenters. The highest BCUT2D eigenvalue weighted by atomic mass is 19.1. The SMILES string of the molecule is O=C(Cc1nc(-c2ccc(F)cc2F)ccc1[N+](=O)[O-])N1CC(Oc2cccnc2)C1. The van der Waals surface area contributed by atoms with Gasteiger partial charge in [-0.05, 0) is 30.3 Å². The van der Waals surface area contributed by atoms with Crippen molar-refractivity contribution < 1.29 is 23.2 Å². The minimum absolute atomic E-state index is 0.0149. The Kier molecular flexibility index (Phi) is 5.52. The molecular formula is C21H16F2N4O4. The van der Waals surface area contributed by atoms with Crippen molar-refractivity contribution >= 4 is 11.6 Å². The molecule has 1 fully saturated rings. The van der Waals surface area contributed by atoms with E-state index in [-0.39, 0.29) is 41.1 Å². The van der Waals surface area contributed by atoms with Gasteiger partial charge < -0.3 is 9.64 Å². The van der Waals surface area contributed by atoms with Crippen molar-refractivity contribution in [1.82, 2.24) is 14.9 Å². The van der Waals surface area contributed by atoms with Gasteiger partial charge in [-0.3, -0.25) is 19.9 Å². The second-order valence-electron chi connectivity index (χ2n) is 6.95. The van der Waals surface area contributed by atoms with Crippen LogP contribution in [0.25, 0.3) is 11.3 Å². The van der Waals surface area contributed by atoms with E-state index in [1.807, 2.05) is 0 Å². The predicted molar refractivity (Wildman–Crippen MR) is 105 cm³/mol. The third kappa shape index (κ3) is 4.47. The quantitative estimate of drug-likeness (QED) is 0.444. The van der Waals surface area contributed by atoms with Crippen molar-refractivity contribution in [2.45, 2.75) is 12.5 Å². The molecule has 1 amide bonds. The van der Waals surface area contributed by atoms with Crippen LogP contribution in [0.1, 0.15) is 5.69 Å². The molecule has 3 heterocycles. The molecule has 2 aromatic heterocycles. The summed E-state index contributed by atoms with van der Waals surface area (Å²) in [4.78, 5) is 32.9. The fourth-order valence-corrected chi connectivity index (χ4v) is 3.22. The fourth-order valence-electron chi connectivity index (χ4n) is 3.22. The summed E-state index contributed by atoms with van der Waals surface area (Å²) in [5, 5.41) is 11.4. The van der Waals surface area contributed by atoms with Crippen LogP contribution in [0, 0.1) is 21.7 Å². The smallest absolute Gasteiger partial charge is 0.291 e. The number of carbonyl (C=O) groups excluding carboxylic acids is 1. The van der Waals surface area contributed by atoms with E-state index in [2.05, 4.69) is 9.97 Å². The Hall–Kier alpha value is -3.95. The molecule has 4 rings (SSSR count). The standard InChI is InChI=1S/C21H16F2N4O4/c22-13-3-4-16(17(23)8-13)18-5-6-20(27(29)30)19(25-18)9-21(28)26-11-15(12-26)31-14-2-1-7-24-10-14/h1-8,10,15H,9,11-12H2. The van der Waals surface area contributed by atoms with E-state index in [0.717, 1.165) is 12.1 Å². The van der Waals surface area contributed by atoms with Crippen molar-refractivity contribution in [3.05, 3.63) is 82.3 Å². The summed E-state index contributed by atoms with van der Waals surface area (Å²) in [6.45, 7) is 0.654. The van der Waals surface area contributed by atoms with Crippen LogP contribution in [0.2, 0.25) is 0 Å². The third-order valence-corrected chi connectivity index (χ3v) is 4.81. The Morgan fingerprint density at radius 2 is 2.03 bits per heavy atom. The first-order valence-corrected chi connectivity index (χ1v) is 9.35. The number of nitro groups is 1. The van der Waals surface area contributed by atoms with Gasteiger partial charge >= 0.3 is 0 Å². The first-order chi connectivity index (χ1) is 14.9. The average Bonchev–Trinajstić information content (AvgIpc) is 2.71. The lowest BCUT2D eigenvalue weighted by molar-refractivity contribution is -0.385. The highest BCUT2D eigenvalue weighted by Crippen LogP contribution is 2.27. The number of likely N-dealkylation sites (tertiary alicyclic amines) is 1. The second kappa shape index (κ2) is 8.42. The molecule has 8 nitrogen and oxygen atoms in total. The van der Waals surface area contributed by atoms with Crippen molar-refractivity contribution in [3.63, 3.8) is 0 Å². The van der Waals surface area contributed by atoms with Crippen LogP contribution < -0.4 is 4.74 Å². The van der Waals surface area contributed by atoms with E-state index in [1.165, 1.54) is 17.0 Å². The van der Waals surface area contributed by atoms with E-state index in [1.54, 1.807) is 24.5 Å². The lowest BCUT2D eigenvalue weighted by Gasteiger charge is -2.38. The van der Waals surface area contributed by atoms with E-state index in [4.69, 9.17) is 4.74 Å². The Balaban J connectivity index is 1.48. The Labute approximate surface area is 175 Å². The summed E-state index contributed by atoms with van der Waals surface area (Å²) >= 11 is 0. The number of hydrogen-bond donors (Lipinski definition) is 0. The van der Waals surface area contributed by atoms with Crippen LogP contribution in [0.15, 0.2) is 54.9 Å². The molecule has 0 spiro atoms. The Bertz CT molecular complexity index is 1140. The number of carbonyl (C=O) groups is 1. The first-order valence-electron chi connectivity index (χ1n) is 9.35. The summed E-state index contributed by atoms with van der Waals surface area (Å²) in [6, 6.07) is 8.88. The van der Waals surface area contributed by atoms with Crippen molar-refractivity contribution in [3.8, 4) is 17.0 Å². The highest BCUT2D eigenvalue weighted by molar-refractivity contribution is 5.80. The topological polar surface area (TPSA) is 98.5 Å². The lowest BCUT2D eigenvalue weighted by atomic mass is 10.1. The molecule has 0 saturated carbocycles. The maximum absolute atomic E-state index is 14.1. The molecule has 1 saturated heterocycles. The minimum Gasteiger partial charge on any atom is -0.485 e. The minimum atomic E-state index is -0.850. The molecule has 3 aromatic rings. The number of aromatic nitrogens is 2. The van der Waals surface area contributed by atoms with Gasteiger partial charge in [-0.25, -0.2) is 13.8 Å². The Morgan fingerprint density at radius 1 is 1.23 bits per heavy atom. The molecule has 31 heavy (non-hydrogen) atoms. The number of nitrogens with zero attached hydrogens (tertiary/aromatic N) is 4. The zero-order valence-corrected chi connectivity index (χ0v) is 16.1. The molecule has 1 aliphatic heterocycles. The zero-order chi connectivity index (χ0) is 22.0. The molecule has 158 valence electrons. The summed E-state index contributed by atoms with van der Waals surface area (Å²) < 4.78 is 33.0. The zero-order valence-electron chi connectivity index (χ0n) is 16.1. The molecule has 0 radical (unpaired) electrons. The summed E-state index contributed by atoms with van der Waals surface area (Å²) in [6.07, 6.45) is 2.66. The highest BCUT2D eigenvalue weighted by Gasteiger charge is 2.33. The van der Waals surface area contributed by atoms with E-state index < -0.39 is 16.6 Å². The Morgan fingerprint density at radius 3 is 2.71 bits per heavy atom. The van der Waals surface area contributed by atoms with Gasteiger partial charge in [-0.2, -0.15) is 0 Å². The number of ether oxygens (including phenoxy) is 1. The number of hydrogen-bond acceptors (Lipinski definition) is 6. The van der Waals surface area contributed by atoms with Crippen LogP contribution in [0.3, 0.4) is 0 Å². The largest absolute Gasteiger partial charge is 0.485 e. The van der Waals surface area contributed by atoms with Crippen LogP contribution in [-0.4, -0.2) is 44.9 Å². The molecule has 1 aromatic carbocycles. The third-order valence-electron chi connectivity index (χ3n) is 4.81. The monoisotopic (exact) mass is 426 g/mol. The molecule has 0 atom stereocenters. The van der Waals surface area contributed by atoms with Crippen molar-refractivity contribution in [2.24, 2.45) is 0 Å². The number of halogens is 2. The molecule has 1 aliphatic rings. The molecular weight excluding hydrogens is 410 g/mol. The van der Waals surface area contributed by atoms with Gasteiger partial charge in [0, 0.05) is 23.9 Å². The molecule has 10 heteroatoms. The second-order valence-corrected chi connectivity index (χ2v) is 6.95. The fraction of sp³-hybridized carbons (Fsp3) is 0.190. The van der Waals surface area contributed by atoms with E-state index >= 15 is 0 Å². The van der Waals surface area contributed by atoms with Crippen LogP contribution in [0.5, 0.6) is 5.75 Å². The van der Waals surface area contributed by atoms with Crippen LogP contribution in [0.4, 0.5) is 14.5 Å². The van der Waals surface area contributed by atoms with Gasteiger partial charge in [0.1, 0.15) is 29.2 Å². The molecule has 0 bridgehead atoms. The van der Waals surface area contributed by atoms with Gasteiger partial charge in [0.2, 0.25) is 5.91 Å². The summed E-state index contributed by atoms with van der Waals surface area (Å²) in [5.41, 5.74) is -0.373. The molecule has 0 N–H and O–H groups in total. The van der Waals surface area contributed by atoms with E-state index in [9.17, 15) is 23.7 Å². The van der Waals surface area contributed by atoms with Gasteiger partial charge in [0.25, 0.3) is 5.69 Å². The van der Waals surface area contributed by atoms with Crippen molar-refractivity contribution in [1.29, 1.82) is 0 Å². The first kappa shape index (κ1) is 20.3. The van der Waals surface area contributed by atoms with Crippen molar-refractivity contribution in [2.75, 3.05) is 13.1 Å². The molecule has 0 aliphatic carbocycles. The number of amides is 1. The normalized spacial score (nSPS) is 13.5.